The van der Waals surface area contributed by atoms with Crippen molar-refractivity contribution < 1.29 is 18.3 Å². The molecule has 2 rings (SSSR count). The van der Waals surface area contributed by atoms with Crippen LogP contribution in [0.25, 0.3) is 0 Å². The predicted molar refractivity (Wildman–Crippen MR) is 76.6 cm³/mol. The van der Waals surface area contributed by atoms with Crippen molar-refractivity contribution in [3.05, 3.63) is 42.2 Å². The number of carbonyl (C=O) groups is 1. The van der Waals surface area contributed by atoms with Crippen LogP contribution < -0.4 is 4.31 Å². The first-order valence-corrected chi connectivity index (χ1v) is 7.66. The number of anilines is 1. The minimum Gasteiger partial charge on any atom is -0.481 e. The molecule has 0 spiro atoms. The van der Waals surface area contributed by atoms with E-state index in [0.717, 1.165) is 4.31 Å². The molecule has 112 valence electrons. The summed E-state index contributed by atoms with van der Waals surface area (Å²) in [5.74, 6) is -1.06. The number of carboxylic acids is 1. The van der Waals surface area contributed by atoms with Crippen molar-refractivity contribution in [3.8, 4) is 0 Å². The second-order valence-electron chi connectivity index (χ2n) is 4.42. The van der Waals surface area contributed by atoms with E-state index in [1.807, 2.05) is 0 Å². The van der Waals surface area contributed by atoms with E-state index in [1.54, 1.807) is 37.3 Å². The summed E-state index contributed by atoms with van der Waals surface area (Å²) < 4.78 is 26.5. The highest BCUT2D eigenvalue weighted by atomic mass is 32.2. The number of nitrogens with one attached hydrogen (secondary N) is 1. The number of aromatic amines is 1. The number of aliphatic carboxylic acids is 1. The standard InChI is InChI=1S/C13H15N3O4S/c1-10-12(9-14-15-10)21(19,20)16(8-7-13(17)18)11-5-3-2-4-6-11/h2-6,9H,7-8H2,1H3,(H,14,15)(H,17,18). The largest absolute Gasteiger partial charge is 0.481 e. The number of para-hydroxylation sites is 1. The average molecular weight is 309 g/mol. The van der Waals surface area contributed by atoms with Crippen molar-refractivity contribution in [1.29, 1.82) is 0 Å². The molecule has 8 heteroatoms. The Balaban J connectivity index is 2.44. The third kappa shape index (κ3) is 3.22. The molecule has 0 radical (unpaired) electrons. The zero-order chi connectivity index (χ0) is 15.5. The smallest absolute Gasteiger partial charge is 0.305 e. The molecule has 0 atom stereocenters. The third-order valence-corrected chi connectivity index (χ3v) is 4.87. The summed E-state index contributed by atoms with van der Waals surface area (Å²) in [6, 6.07) is 8.39. The molecular weight excluding hydrogens is 294 g/mol. The van der Waals surface area contributed by atoms with E-state index < -0.39 is 16.0 Å². The third-order valence-electron chi connectivity index (χ3n) is 2.92. The van der Waals surface area contributed by atoms with Crippen molar-refractivity contribution in [1.82, 2.24) is 10.2 Å². The number of hydrogen-bond donors (Lipinski definition) is 2. The number of carboxylic acid groups (broad SMARTS) is 1. The van der Waals surface area contributed by atoms with E-state index in [2.05, 4.69) is 10.2 Å². The van der Waals surface area contributed by atoms with Crippen LogP contribution in [0.4, 0.5) is 5.69 Å². The fourth-order valence-corrected chi connectivity index (χ4v) is 3.48. The predicted octanol–water partition coefficient (Wildman–Crippen LogP) is 1.39. The second-order valence-corrected chi connectivity index (χ2v) is 6.25. The van der Waals surface area contributed by atoms with E-state index >= 15 is 0 Å². The van der Waals surface area contributed by atoms with Gasteiger partial charge in [-0.1, -0.05) is 18.2 Å². The minimum atomic E-state index is -3.86. The van der Waals surface area contributed by atoms with E-state index in [0.29, 0.717) is 11.4 Å². The molecule has 21 heavy (non-hydrogen) atoms. The maximum atomic E-state index is 12.7. The van der Waals surface area contributed by atoms with Gasteiger partial charge in [-0.25, -0.2) is 8.42 Å². The maximum absolute atomic E-state index is 12.7. The number of H-pyrrole nitrogens is 1. The average Bonchev–Trinajstić information content (AvgIpc) is 2.86. The summed E-state index contributed by atoms with van der Waals surface area (Å²) in [4.78, 5) is 10.8. The Morgan fingerprint density at radius 3 is 2.52 bits per heavy atom. The lowest BCUT2D eigenvalue weighted by molar-refractivity contribution is -0.136. The van der Waals surface area contributed by atoms with Crippen molar-refractivity contribution in [2.24, 2.45) is 0 Å². The molecule has 2 aromatic rings. The number of nitrogens with zero attached hydrogens (tertiary/aromatic N) is 2. The number of aromatic nitrogens is 2. The molecule has 0 unspecified atom stereocenters. The van der Waals surface area contributed by atoms with Crippen LogP contribution in [0.15, 0.2) is 41.4 Å². The van der Waals surface area contributed by atoms with Gasteiger partial charge in [-0.2, -0.15) is 5.10 Å². The Kier molecular flexibility index (Phi) is 4.27. The molecule has 0 amide bonds. The summed E-state index contributed by atoms with van der Waals surface area (Å²) in [5.41, 5.74) is 0.825. The Bertz CT molecular complexity index is 725. The SMILES string of the molecule is Cc1[nH]ncc1S(=O)(=O)N(CCC(=O)O)c1ccccc1. The normalized spacial score (nSPS) is 11.3. The summed E-state index contributed by atoms with van der Waals surface area (Å²) in [6.45, 7) is 1.45. The van der Waals surface area contributed by atoms with Gasteiger partial charge < -0.3 is 5.11 Å². The van der Waals surface area contributed by atoms with Gasteiger partial charge in [0.15, 0.2) is 0 Å². The molecule has 7 nitrogen and oxygen atoms in total. The first-order chi connectivity index (χ1) is 9.93. The van der Waals surface area contributed by atoms with Gasteiger partial charge in [-0.3, -0.25) is 14.2 Å². The maximum Gasteiger partial charge on any atom is 0.305 e. The van der Waals surface area contributed by atoms with Gasteiger partial charge in [-0.15, -0.1) is 0 Å². The molecule has 0 saturated heterocycles. The number of aryl methyl sites for hydroxylation is 1. The van der Waals surface area contributed by atoms with E-state index in [-0.39, 0.29) is 17.9 Å². The summed E-state index contributed by atoms with van der Waals surface area (Å²) in [5, 5.41) is 15.1. The second kappa shape index (κ2) is 5.96. The zero-order valence-corrected chi connectivity index (χ0v) is 12.2. The molecule has 1 heterocycles. The highest BCUT2D eigenvalue weighted by molar-refractivity contribution is 7.92. The lowest BCUT2D eigenvalue weighted by Gasteiger charge is -2.23. The van der Waals surface area contributed by atoms with Crippen LogP contribution in [0.5, 0.6) is 0 Å². The van der Waals surface area contributed by atoms with Gasteiger partial charge in [0.1, 0.15) is 4.90 Å². The lowest BCUT2D eigenvalue weighted by atomic mass is 10.3. The lowest BCUT2D eigenvalue weighted by Crippen LogP contribution is -2.33. The van der Waals surface area contributed by atoms with Gasteiger partial charge in [0.05, 0.1) is 24.0 Å². The Morgan fingerprint density at radius 2 is 2.00 bits per heavy atom. The van der Waals surface area contributed by atoms with Gasteiger partial charge in [0.2, 0.25) is 0 Å². The van der Waals surface area contributed by atoms with Gasteiger partial charge in [0, 0.05) is 6.54 Å². The number of benzene rings is 1. The fourth-order valence-electron chi connectivity index (χ4n) is 1.90. The molecule has 1 aromatic carbocycles. The van der Waals surface area contributed by atoms with Crippen LogP contribution >= 0.6 is 0 Å². The van der Waals surface area contributed by atoms with Crippen LogP contribution in [0, 0.1) is 6.92 Å². The molecule has 0 saturated carbocycles. The van der Waals surface area contributed by atoms with E-state index in [1.165, 1.54) is 6.20 Å². The highest BCUT2D eigenvalue weighted by Crippen LogP contribution is 2.24. The van der Waals surface area contributed by atoms with Crippen molar-refractivity contribution in [2.75, 3.05) is 10.8 Å². The van der Waals surface area contributed by atoms with Crippen LogP contribution in [0.1, 0.15) is 12.1 Å². The van der Waals surface area contributed by atoms with Crippen molar-refractivity contribution in [3.63, 3.8) is 0 Å². The molecule has 0 bridgehead atoms. The zero-order valence-electron chi connectivity index (χ0n) is 11.4. The quantitative estimate of drug-likeness (QED) is 0.839. The van der Waals surface area contributed by atoms with Crippen LogP contribution in [-0.4, -0.2) is 36.2 Å². The van der Waals surface area contributed by atoms with Crippen LogP contribution in [-0.2, 0) is 14.8 Å². The van der Waals surface area contributed by atoms with Gasteiger partial charge in [0.25, 0.3) is 10.0 Å². The van der Waals surface area contributed by atoms with E-state index in [9.17, 15) is 13.2 Å². The highest BCUT2D eigenvalue weighted by Gasteiger charge is 2.28. The molecule has 2 N–H and O–H groups in total. The first kappa shape index (κ1) is 15.0. The minimum absolute atomic E-state index is 0.0386. The summed E-state index contributed by atoms with van der Waals surface area (Å²) >= 11 is 0. The number of hydrogen-bond acceptors (Lipinski definition) is 4. The van der Waals surface area contributed by atoms with Crippen LogP contribution in [0.2, 0.25) is 0 Å². The molecular formula is C13H15N3O4S. The first-order valence-electron chi connectivity index (χ1n) is 6.22. The number of rotatable bonds is 6. The van der Waals surface area contributed by atoms with E-state index in [4.69, 9.17) is 5.11 Å². The topological polar surface area (TPSA) is 103 Å². The monoisotopic (exact) mass is 309 g/mol. The fraction of sp³-hybridized carbons (Fsp3) is 0.231. The van der Waals surface area contributed by atoms with Crippen molar-refractivity contribution in [2.45, 2.75) is 18.2 Å². The Hall–Kier alpha value is -2.35. The number of sulfonamides is 1. The molecule has 0 fully saturated rings. The van der Waals surface area contributed by atoms with Crippen LogP contribution in [0.3, 0.4) is 0 Å². The molecule has 0 aliphatic carbocycles. The molecule has 0 aliphatic heterocycles. The Labute approximate surface area is 122 Å². The van der Waals surface area contributed by atoms with Gasteiger partial charge in [-0.05, 0) is 19.1 Å². The van der Waals surface area contributed by atoms with Crippen molar-refractivity contribution >= 4 is 21.7 Å². The summed E-state index contributed by atoms with van der Waals surface area (Å²) in [7, 11) is -3.86. The molecule has 0 aliphatic rings. The van der Waals surface area contributed by atoms with Gasteiger partial charge >= 0.3 is 5.97 Å². The molecule has 1 aromatic heterocycles. The summed E-state index contributed by atoms with van der Waals surface area (Å²) in [6.07, 6.45) is 0.937. The Morgan fingerprint density at radius 1 is 1.33 bits per heavy atom.